The summed E-state index contributed by atoms with van der Waals surface area (Å²) in [4.78, 5) is 37.5. The van der Waals surface area contributed by atoms with Gasteiger partial charge in [-0.2, -0.15) is 5.01 Å². The second kappa shape index (κ2) is 6.20. The highest BCUT2D eigenvalue weighted by molar-refractivity contribution is 6.32. The molecule has 0 saturated carbocycles. The smallest absolute Gasteiger partial charge is 0.344 e. The van der Waals surface area contributed by atoms with Gasteiger partial charge in [-0.05, 0) is 31.2 Å². The predicted octanol–water partition coefficient (Wildman–Crippen LogP) is 1.82. The van der Waals surface area contributed by atoms with E-state index in [9.17, 15) is 14.4 Å². The minimum Gasteiger partial charge on any atom is -0.486 e. The van der Waals surface area contributed by atoms with Crippen LogP contribution in [0.2, 0.25) is 5.02 Å². The molecule has 2 aliphatic rings. The zero-order valence-electron chi connectivity index (χ0n) is 14.1. The Hall–Kier alpha value is -3.20. The van der Waals surface area contributed by atoms with E-state index >= 15 is 0 Å². The first-order chi connectivity index (χ1) is 12.9. The number of amides is 4. The fraction of sp³-hybridized carbons (Fsp3) is 0.235. The Balaban J connectivity index is 1.57. The van der Waals surface area contributed by atoms with Crippen LogP contribution in [0.5, 0.6) is 11.5 Å². The highest BCUT2D eigenvalue weighted by Crippen LogP contribution is 2.38. The normalized spacial score (nSPS) is 21.2. The molecule has 1 saturated heterocycles. The molecule has 1 fully saturated rings. The van der Waals surface area contributed by atoms with E-state index in [1.165, 1.54) is 25.3 Å². The number of hydrogen-bond donors (Lipinski definition) is 2. The molecule has 1 atom stereocenters. The van der Waals surface area contributed by atoms with Crippen molar-refractivity contribution < 1.29 is 28.3 Å². The van der Waals surface area contributed by atoms with Crippen molar-refractivity contribution in [3.63, 3.8) is 0 Å². The Morgan fingerprint density at radius 2 is 2.07 bits per heavy atom. The van der Waals surface area contributed by atoms with Crippen LogP contribution in [-0.2, 0) is 10.3 Å². The van der Waals surface area contributed by atoms with Gasteiger partial charge in [0.2, 0.25) is 0 Å². The third-order valence-corrected chi connectivity index (χ3v) is 4.56. The maximum Gasteiger partial charge on any atom is 0.344 e. The molecule has 27 heavy (non-hydrogen) atoms. The molecule has 2 N–H and O–H groups in total. The van der Waals surface area contributed by atoms with Crippen LogP contribution >= 0.6 is 11.6 Å². The van der Waals surface area contributed by atoms with Crippen molar-refractivity contribution in [1.29, 1.82) is 0 Å². The van der Waals surface area contributed by atoms with Crippen LogP contribution in [0.3, 0.4) is 0 Å². The van der Waals surface area contributed by atoms with Gasteiger partial charge in [0.05, 0.1) is 11.3 Å². The summed E-state index contributed by atoms with van der Waals surface area (Å²) in [5.41, 5.74) is 0.971. The molecule has 9 nitrogen and oxygen atoms in total. The molecule has 0 spiro atoms. The minimum absolute atomic E-state index is 0.108. The molecule has 3 heterocycles. The number of carbonyl (C=O) groups excluding carboxylic acids is 3. The van der Waals surface area contributed by atoms with E-state index in [1.54, 1.807) is 12.1 Å². The molecule has 1 aromatic carbocycles. The van der Waals surface area contributed by atoms with Crippen molar-refractivity contribution in [1.82, 2.24) is 15.8 Å². The number of benzene rings is 1. The highest BCUT2D eigenvalue weighted by Gasteiger charge is 2.52. The zero-order chi connectivity index (χ0) is 19.2. The first-order valence-corrected chi connectivity index (χ1v) is 8.39. The lowest BCUT2D eigenvalue weighted by Crippen LogP contribution is -2.47. The molecule has 0 aliphatic carbocycles. The van der Waals surface area contributed by atoms with Crippen LogP contribution in [0.25, 0.3) is 0 Å². The molecule has 0 unspecified atom stereocenters. The number of hydrogen-bond acceptors (Lipinski definition) is 6. The molecular formula is C17H14ClN3O6. The number of nitrogens with zero attached hydrogens (tertiary/aromatic N) is 1. The van der Waals surface area contributed by atoms with Crippen LogP contribution in [0.4, 0.5) is 4.79 Å². The first kappa shape index (κ1) is 17.2. The fourth-order valence-corrected chi connectivity index (χ4v) is 3.14. The largest absolute Gasteiger partial charge is 0.486 e. The van der Waals surface area contributed by atoms with Gasteiger partial charge in [0.25, 0.3) is 11.8 Å². The Morgan fingerprint density at radius 3 is 2.81 bits per heavy atom. The number of hydrazine groups is 1. The number of imide groups is 1. The zero-order valence-corrected chi connectivity index (χ0v) is 14.8. The molecule has 10 heteroatoms. The molecule has 140 valence electrons. The number of carbonyl (C=O) groups is 3. The van der Waals surface area contributed by atoms with Gasteiger partial charge in [-0.1, -0.05) is 11.6 Å². The molecule has 2 aliphatic heterocycles. The van der Waals surface area contributed by atoms with Gasteiger partial charge < -0.3 is 19.2 Å². The second-order valence-corrected chi connectivity index (χ2v) is 6.50. The van der Waals surface area contributed by atoms with E-state index in [0.717, 1.165) is 0 Å². The Labute approximate surface area is 158 Å². The molecule has 4 amide bonds. The number of rotatable bonds is 3. The number of nitrogens with one attached hydrogen (secondary N) is 2. The third-order valence-electron chi connectivity index (χ3n) is 4.28. The van der Waals surface area contributed by atoms with Crippen molar-refractivity contribution >= 4 is 29.4 Å². The lowest BCUT2D eigenvalue weighted by Gasteiger charge is -2.21. The number of urea groups is 1. The number of ether oxygens (including phenoxy) is 2. The van der Waals surface area contributed by atoms with E-state index in [-0.39, 0.29) is 16.3 Å². The summed E-state index contributed by atoms with van der Waals surface area (Å²) >= 11 is 6.12. The van der Waals surface area contributed by atoms with Crippen LogP contribution < -0.4 is 20.2 Å². The monoisotopic (exact) mass is 391 g/mol. The molecule has 1 aromatic heterocycles. The summed E-state index contributed by atoms with van der Waals surface area (Å²) in [5, 5.41) is 3.31. The quantitative estimate of drug-likeness (QED) is 0.772. The molecule has 2 aromatic rings. The molecule has 0 radical (unpaired) electrons. The van der Waals surface area contributed by atoms with Crippen molar-refractivity contribution in [3.8, 4) is 11.5 Å². The summed E-state index contributed by atoms with van der Waals surface area (Å²) in [7, 11) is 0. The van der Waals surface area contributed by atoms with Crippen molar-refractivity contribution in [3.05, 3.63) is 46.9 Å². The summed E-state index contributed by atoms with van der Waals surface area (Å²) in [6.45, 7) is 2.16. The molecule has 4 rings (SSSR count). The van der Waals surface area contributed by atoms with E-state index in [2.05, 4.69) is 10.7 Å². The van der Waals surface area contributed by atoms with Gasteiger partial charge in [0, 0.05) is 5.56 Å². The van der Waals surface area contributed by atoms with E-state index < -0.39 is 23.4 Å². The Morgan fingerprint density at radius 1 is 1.30 bits per heavy atom. The van der Waals surface area contributed by atoms with Crippen LogP contribution in [-0.4, -0.2) is 36.1 Å². The lowest BCUT2D eigenvalue weighted by atomic mass is 10.00. The van der Waals surface area contributed by atoms with Crippen LogP contribution in [0, 0.1) is 0 Å². The van der Waals surface area contributed by atoms with E-state index in [4.69, 9.17) is 25.5 Å². The average Bonchev–Trinajstić information content (AvgIpc) is 3.26. The third kappa shape index (κ3) is 2.76. The number of furan rings is 1. The Kier molecular flexibility index (Phi) is 3.96. The maximum absolute atomic E-state index is 12.7. The summed E-state index contributed by atoms with van der Waals surface area (Å²) in [6.07, 6.45) is 1.39. The summed E-state index contributed by atoms with van der Waals surface area (Å²) < 4.78 is 16.1. The summed E-state index contributed by atoms with van der Waals surface area (Å²) in [5.74, 6) is -0.475. The van der Waals surface area contributed by atoms with E-state index in [1.807, 2.05) is 0 Å². The van der Waals surface area contributed by atoms with Crippen molar-refractivity contribution in [2.75, 3.05) is 13.2 Å². The predicted molar refractivity (Wildman–Crippen MR) is 91.3 cm³/mol. The molecule has 0 bridgehead atoms. The number of fused-ring (bicyclic) bond motifs is 1. The topological polar surface area (TPSA) is 110 Å². The van der Waals surface area contributed by atoms with Gasteiger partial charge >= 0.3 is 6.03 Å². The second-order valence-electron chi connectivity index (χ2n) is 6.10. The average molecular weight is 392 g/mol. The van der Waals surface area contributed by atoms with Gasteiger partial charge in [0.15, 0.2) is 17.0 Å². The minimum atomic E-state index is -1.42. The van der Waals surface area contributed by atoms with Crippen molar-refractivity contribution in [2.24, 2.45) is 0 Å². The van der Waals surface area contributed by atoms with Gasteiger partial charge in [-0.25, -0.2) is 4.79 Å². The first-order valence-electron chi connectivity index (χ1n) is 8.01. The highest BCUT2D eigenvalue weighted by atomic mass is 35.5. The van der Waals surface area contributed by atoms with Gasteiger partial charge in [-0.3, -0.25) is 15.0 Å². The van der Waals surface area contributed by atoms with Crippen LogP contribution in [0.1, 0.15) is 23.0 Å². The van der Waals surface area contributed by atoms with Crippen molar-refractivity contribution in [2.45, 2.75) is 12.5 Å². The van der Waals surface area contributed by atoms with Gasteiger partial charge in [-0.15, -0.1) is 0 Å². The fourth-order valence-electron chi connectivity index (χ4n) is 2.88. The van der Waals surface area contributed by atoms with E-state index in [0.29, 0.717) is 29.7 Å². The summed E-state index contributed by atoms with van der Waals surface area (Å²) in [6, 6.07) is 5.17. The lowest BCUT2D eigenvalue weighted by molar-refractivity contribution is -0.133. The number of halogens is 1. The van der Waals surface area contributed by atoms with Crippen LogP contribution in [0.15, 0.2) is 34.9 Å². The maximum atomic E-state index is 12.7. The Bertz CT molecular complexity index is 944. The SMILES string of the molecule is C[C@@]1(c2ccco2)NC(=O)N(NC(=O)c2cc(Cl)c3c(c2)OCCO3)C1=O. The van der Waals surface area contributed by atoms with Gasteiger partial charge in [0.1, 0.15) is 19.0 Å². The molecular weight excluding hydrogens is 378 g/mol. The standard InChI is InChI=1S/C17H14ClN3O6/c1-17(12-3-2-4-26-12)15(23)21(16(24)19-17)20-14(22)9-7-10(18)13-11(8-9)25-5-6-27-13/h2-4,7-8H,5-6H2,1H3,(H,19,24)(H,20,22)/t17-/m0/s1.